The van der Waals surface area contributed by atoms with Crippen LogP contribution in [0.5, 0.6) is 0 Å². The van der Waals surface area contributed by atoms with Crippen LogP contribution in [0.4, 0.5) is 0 Å². The van der Waals surface area contributed by atoms with E-state index in [1.54, 1.807) is 0 Å². The molecule has 0 saturated carbocycles. The van der Waals surface area contributed by atoms with E-state index in [1.807, 2.05) is 0 Å². The molecule has 5 heteroatoms. The van der Waals surface area contributed by atoms with Crippen molar-refractivity contribution < 1.29 is 20.4 Å². The molecule has 554 valence electrons. The van der Waals surface area contributed by atoms with Crippen LogP contribution in [0.15, 0.2) is 315 Å². The molecule has 0 atom stereocenters. The van der Waals surface area contributed by atoms with Crippen LogP contribution in [0.2, 0.25) is 0 Å². The van der Waals surface area contributed by atoms with Gasteiger partial charge >= 0.3 is 20.4 Å². The van der Waals surface area contributed by atoms with Crippen LogP contribution >= 0.6 is 0 Å². The van der Waals surface area contributed by atoms with Gasteiger partial charge in [-0.3, -0.25) is 0 Å². The topological polar surface area (TPSA) is 54.0 Å². The van der Waals surface area contributed by atoms with Gasteiger partial charge in [0.05, 0.1) is 22.8 Å². The maximum atomic E-state index is 6.61. The van der Waals surface area contributed by atoms with E-state index in [2.05, 4.69) is 371 Å². The Hall–Kier alpha value is -13.1. The van der Waals surface area contributed by atoms with Gasteiger partial charge in [0.25, 0.3) is 0 Å². The largest absolute Gasteiger partial charge is 2.00 e. The molecular weight excluding hydrogens is 1510 g/mol. The molecule has 117 heavy (non-hydrogen) atoms. The van der Waals surface area contributed by atoms with E-state index in [-0.39, 0.29) is 42.1 Å². The van der Waals surface area contributed by atoms with Crippen molar-refractivity contribution in [2.24, 2.45) is 0 Å². The molecule has 16 aromatic carbocycles. The minimum Gasteiger partial charge on any atom is -0.656 e. The molecule has 0 spiro atoms. The number of hydrogen-bond acceptors (Lipinski definition) is 2. The molecule has 0 fully saturated rings. The van der Waals surface area contributed by atoms with Crippen LogP contribution in [-0.2, 0) is 42.1 Å². The zero-order valence-corrected chi connectivity index (χ0v) is 67.7. The van der Waals surface area contributed by atoms with Crippen LogP contribution in [0.3, 0.4) is 0 Å². The van der Waals surface area contributed by atoms with E-state index in [9.17, 15) is 0 Å². The van der Waals surface area contributed by atoms with Crippen molar-refractivity contribution in [3.05, 3.63) is 360 Å². The zero-order valence-electron chi connectivity index (χ0n) is 66.1. The van der Waals surface area contributed by atoms with Gasteiger partial charge in [0.1, 0.15) is 0 Å². The molecule has 4 heterocycles. The normalized spacial score (nSPS) is 14.7. The van der Waals surface area contributed by atoms with Crippen LogP contribution in [0.25, 0.3) is 221 Å². The Labute approximate surface area is 693 Å². The summed E-state index contributed by atoms with van der Waals surface area (Å²) in [4.78, 5) is 26.5. The Bertz CT molecular complexity index is 7040. The Kier molecular flexibility index (Phi) is 14.0. The number of rotatable bonds is 4. The quantitative estimate of drug-likeness (QED) is 0.165. The number of fused-ring (bicyclic) bond motifs is 16. The van der Waals surface area contributed by atoms with Crippen LogP contribution in [-0.4, -0.2) is 9.97 Å². The molecule has 7 aliphatic rings. The molecule has 2 aliphatic heterocycles. The van der Waals surface area contributed by atoms with Crippen LogP contribution in [0.1, 0.15) is 99.9 Å². The SMILES string of the molecule is CC1(C)c2ccccc2-c2ccc(-c3c4nc(c(-c5ccc6c(c5)C(C)(C)c5ccccc5-6)c5[n-]c(c(-c6ccc7c(c6)C(C)(C)c6ccccc6-7)c6nc(c(-c7ccc8c(c7)C(C)(C)c7ccccc7-8)c7[n-]c3c3cc8ccccc8cc73)-c3cc7ccccc7cc3-6)c3cc6ccccc6cc53)-c3cc5ccccc5cc3-4)cc21.[Pd+2]. The number of aromatic nitrogens is 4. The first-order valence-corrected chi connectivity index (χ1v) is 41.0. The fourth-order valence-electron chi connectivity index (χ4n) is 22.0. The van der Waals surface area contributed by atoms with E-state index in [0.717, 1.165) is 176 Å². The van der Waals surface area contributed by atoms with Gasteiger partial charge in [-0.05, 0) is 271 Å². The van der Waals surface area contributed by atoms with Gasteiger partial charge in [0.15, 0.2) is 0 Å². The second-order valence-corrected chi connectivity index (χ2v) is 35.4. The zero-order chi connectivity index (χ0) is 77.3. The fraction of sp³-hybridized carbons (Fsp3) is 0.107. The summed E-state index contributed by atoms with van der Waals surface area (Å²) in [7, 11) is 0. The summed E-state index contributed by atoms with van der Waals surface area (Å²) in [6.45, 7) is 19.2. The van der Waals surface area contributed by atoms with Crippen LogP contribution < -0.4 is 9.97 Å². The van der Waals surface area contributed by atoms with Crippen molar-refractivity contribution in [3.8, 4) is 134 Å². The van der Waals surface area contributed by atoms with Gasteiger partial charge in [-0.15, -0.1) is 22.1 Å². The second-order valence-electron chi connectivity index (χ2n) is 35.4. The average Bonchev–Trinajstić information content (AvgIpc) is 1.57. The Balaban J connectivity index is 0.00000784. The molecule has 0 saturated heterocycles. The molecule has 8 bridgehead atoms. The van der Waals surface area contributed by atoms with Gasteiger partial charge in [-0.2, -0.15) is 0 Å². The monoisotopic (exact) mass is 1580 g/mol. The van der Waals surface area contributed by atoms with Gasteiger partial charge < -0.3 is 9.97 Å². The third-order valence-electron chi connectivity index (χ3n) is 27.9. The second kappa shape index (κ2) is 24.0. The summed E-state index contributed by atoms with van der Waals surface area (Å²) >= 11 is 0. The summed E-state index contributed by atoms with van der Waals surface area (Å²) in [6, 6.07) is 120. The van der Waals surface area contributed by atoms with Gasteiger partial charge in [0.2, 0.25) is 0 Å². The van der Waals surface area contributed by atoms with E-state index in [4.69, 9.17) is 19.9 Å². The summed E-state index contributed by atoms with van der Waals surface area (Å²) in [5, 5.41) is 13.1. The van der Waals surface area contributed by atoms with Gasteiger partial charge in [-0.1, -0.05) is 298 Å². The molecule has 0 unspecified atom stereocenters. The summed E-state index contributed by atoms with van der Waals surface area (Å²) in [5.41, 5.74) is 38.0. The molecule has 5 aliphatic carbocycles. The predicted octanol–water partition coefficient (Wildman–Crippen LogP) is 29.1. The van der Waals surface area contributed by atoms with Crippen molar-refractivity contribution in [1.29, 1.82) is 0 Å². The molecule has 4 nitrogen and oxygen atoms in total. The van der Waals surface area contributed by atoms with Crippen molar-refractivity contribution in [2.45, 2.75) is 77.0 Å². The van der Waals surface area contributed by atoms with Crippen molar-refractivity contribution in [1.82, 2.24) is 19.9 Å². The van der Waals surface area contributed by atoms with Crippen molar-refractivity contribution in [2.75, 3.05) is 0 Å². The van der Waals surface area contributed by atoms with Crippen molar-refractivity contribution in [3.63, 3.8) is 0 Å². The first-order valence-electron chi connectivity index (χ1n) is 41.0. The Morgan fingerprint density at radius 3 is 0.598 bits per heavy atom. The Morgan fingerprint density at radius 2 is 0.376 bits per heavy atom. The fourth-order valence-corrected chi connectivity index (χ4v) is 22.0. The maximum Gasteiger partial charge on any atom is 2.00 e. The summed E-state index contributed by atoms with van der Waals surface area (Å²) in [6.07, 6.45) is 0. The maximum absolute atomic E-state index is 6.61. The molecule has 0 amide bonds. The Morgan fingerprint density at radius 1 is 0.188 bits per heavy atom. The predicted molar refractivity (Wildman–Crippen MR) is 485 cm³/mol. The van der Waals surface area contributed by atoms with Crippen molar-refractivity contribution >= 4 is 86.7 Å². The minimum atomic E-state index is -0.341. The standard InChI is InChI=1S/C112H76N4.Pd/c1-109(2)89-37-21-17-33-73(89)77-45-41-69(57-93(77)109)97-101-81-49-61-25-9-11-27-63(61)51-83(81)103(113-101)98(70-42-46-78-74-34-18-22-38-90(74)110(3,4)94(78)58-70)105-85-53-65-29-13-15-31-67(65)55-87(85)107(115-105)100(72-44-48-80-76-36-20-24-40-92(76)112(7,8)96(80)60-72)108-88-56-68-32-16-14-30-66(68)54-86(88)106(116-108)99(104-84-52-64-28-12-10-26-62(64)50-82(84)102(97)114-104)71-43-47-79-75-35-19-23-39-91(75)111(5,6)95(79)59-71;/h9-60H,1-8H3;/q-2;+2. The molecule has 0 radical (unpaired) electrons. The first kappa shape index (κ1) is 68.3. The average molecular weight is 1580 g/mol. The number of nitrogens with zero attached hydrogens (tertiary/aromatic N) is 4. The van der Waals surface area contributed by atoms with E-state index >= 15 is 0 Å². The molecular formula is C112H76N4Pd. The van der Waals surface area contributed by atoms with E-state index in [0.29, 0.717) is 0 Å². The van der Waals surface area contributed by atoms with Gasteiger partial charge in [0, 0.05) is 43.9 Å². The number of benzene rings is 16. The van der Waals surface area contributed by atoms with Gasteiger partial charge in [-0.25, -0.2) is 9.97 Å². The van der Waals surface area contributed by atoms with E-state index in [1.165, 1.54) is 89.0 Å². The molecule has 2 aromatic heterocycles. The number of hydrogen-bond donors (Lipinski definition) is 0. The van der Waals surface area contributed by atoms with E-state index < -0.39 is 0 Å². The smallest absolute Gasteiger partial charge is 0.656 e. The molecule has 0 N–H and O–H groups in total. The van der Waals surface area contributed by atoms with Crippen LogP contribution in [0, 0.1) is 0 Å². The summed E-state index contributed by atoms with van der Waals surface area (Å²) in [5.74, 6) is 0. The first-order chi connectivity index (χ1) is 56.5. The third-order valence-corrected chi connectivity index (χ3v) is 27.9. The molecule has 18 aromatic rings. The molecule has 25 rings (SSSR count). The third kappa shape index (κ3) is 9.33. The minimum absolute atomic E-state index is 0. The summed E-state index contributed by atoms with van der Waals surface area (Å²) < 4.78 is 0.